The number of halogens is 1. The van der Waals surface area contributed by atoms with Gasteiger partial charge in [0.1, 0.15) is 12.0 Å². The first kappa shape index (κ1) is 12.7. The number of likely N-dealkylation sites (N-methyl/N-ethyl adjacent to an activating group) is 1. The van der Waals surface area contributed by atoms with Crippen LogP contribution in [0.4, 0.5) is 5.82 Å². The molecule has 0 spiro atoms. The first-order valence-corrected chi connectivity index (χ1v) is 5.86. The van der Waals surface area contributed by atoms with Crippen LogP contribution in [-0.2, 0) is 0 Å². The van der Waals surface area contributed by atoms with Crippen molar-refractivity contribution in [1.82, 2.24) is 15.2 Å². The smallest absolute Gasteiger partial charge is 0.158 e. The monoisotopic (exact) mass is 264 g/mol. The van der Waals surface area contributed by atoms with Gasteiger partial charge in [0.2, 0.25) is 0 Å². The van der Waals surface area contributed by atoms with E-state index in [-0.39, 0.29) is 6.61 Å². The molecule has 1 aromatic heterocycles. The fourth-order valence-electron chi connectivity index (χ4n) is 1.60. The summed E-state index contributed by atoms with van der Waals surface area (Å²) in [5, 5.41) is 17.5. The van der Waals surface area contributed by atoms with E-state index in [1.807, 2.05) is 24.1 Å². The third kappa shape index (κ3) is 2.75. The van der Waals surface area contributed by atoms with Crippen molar-refractivity contribution in [2.45, 2.75) is 0 Å². The van der Waals surface area contributed by atoms with Crippen LogP contribution in [0, 0.1) is 0 Å². The fourth-order valence-corrected chi connectivity index (χ4v) is 1.73. The summed E-state index contributed by atoms with van der Waals surface area (Å²) < 4.78 is 0. The molecule has 0 saturated heterocycles. The van der Waals surface area contributed by atoms with E-state index in [9.17, 15) is 0 Å². The second kappa shape index (κ2) is 5.75. The molecule has 1 aromatic carbocycles. The molecule has 0 bridgehead atoms. The topological polar surface area (TPSA) is 62.1 Å². The zero-order valence-electron chi connectivity index (χ0n) is 9.91. The van der Waals surface area contributed by atoms with Gasteiger partial charge < -0.3 is 10.0 Å². The molecule has 18 heavy (non-hydrogen) atoms. The molecule has 0 saturated carbocycles. The maximum atomic E-state index is 8.97. The molecule has 5 nitrogen and oxygen atoms in total. The molecule has 1 N–H and O–H groups in total. The third-order valence-electron chi connectivity index (χ3n) is 2.52. The first-order chi connectivity index (χ1) is 8.72. The molecule has 2 rings (SSSR count). The largest absolute Gasteiger partial charge is 0.395 e. The standard InChI is InChI=1S/C12H13ClN4O/c1-17(6-7-18)12-11(16-15-8-14-12)9-2-4-10(13)5-3-9/h2-5,8,18H,6-7H2,1H3. The molecule has 1 heterocycles. The van der Waals surface area contributed by atoms with Crippen molar-refractivity contribution in [1.29, 1.82) is 0 Å². The number of aliphatic hydroxyl groups excluding tert-OH is 1. The normalized spacial score (nSPS) is 10.4. The number of rotatable bonds is 4. The molecule has 0 aliphatic carbocycles. The van der Waals surface area contributed by atoms with Gasteiger partial charge in [0.25, 0.3) is 0 Å². The van der Waals surface area contributed by atoms with E-state index in [1.54, 1.807) is 12.1 Å². The van der Waals surface area contributed by atoms with Gasteiger partial charge in [-0.25, -0.2) is 4.98 Å². The van der Waals surface area contributed by atoms with Gasteiger partial charge in [-0.1, -0.05) is 23.7 Å². The Morgan fingerprint density at radius 1 is 1.28 bits per heavy atom. The van der Waals surface area contributed by atoms with Crippen molar-refractivity contribution < 1.29 is 5.11 Å². The van der Waals surface area contributed by atoms with E-state index in [1.165, 1.54) is 6.33 Å². The summed E-state index contributed by atoms with van der Waals surface area (Å²) in [5.74, 6) is 0.682. The number of hydrogen-bond donors (Lipinski definition) is 1. The zero-order chi connectivity index (χ0) is 13.0. The highest BCUT2D eigenvalue weighted by molar-refractivity contribution is 6.30. The van der Waals surface area contributed by atoms with Crippen LogP contribution in [0.5, 0.6) is 0 Å². The number of nitrogens with zero attached hydrogens (tertiary/aromatic N) is 4. The quantitative estimate of drug-likeness (QED) is 0.909. The molecule has 2 aromatic rings. The second-order valence-corrected chi connectivity index (χ2v) is 4.22. The van der Waals surface area contributed by atoms with E-state index in [0.717, 1.165) is 5.56 Å². The first-order valence-electron chi connectivity index (χ1n) is 5.48. The molecule has 0 unspecified atom stereocenters. The van der Waals surface area contributed by atoms with Crippen LogP contribution in [0.15, 0.2) is 30.6 Å². The van der Waals surface area contributed by atoms with E-state index in [0.29, 0.717) is 23.1 Å². The lowest BCUT2D eigenvalue weighted by atomic mass is 10.1. The number of aromatic nitrogens is 3. The summed E-state index contributed by atoms with van der Waals surface area (Å²) >= 11 is 5.86. The zero-order valence-corrected chi connectivity index (χ0v) is 10.7. The van der Waals surface area contributed by atoms with Crippen molar-refractivity contribution in [2.75, 3.05) is 25.1 Å². The second-order valence-electron chi connectivity index (χ2n) is 3.78. The average molecular weight is 265 g/mol. The van der Waals surface area contributed by atoms with Crippen LogP contribution in [0.3, 0.4) is 0 Å². The Morgan fingerprint density at radius 2 is 2.00 bits per heavy atom. The summed E-state index contributed by atoms with van der Waals surface area (Å²) in [6, 6.07) is 7.32. The Kier molecular flexibility index (Phi) is 4.07. The van der Waals surface area contributed by atoms with Crippen molar-refractivity contribution in [3.8, 4) is 11.3 Å². The highest BCUT2D eigenvalue weighted by Gasteiger charge is 2.12. The van der Waals surface area contributed by atoms with Crippen molar-refractivity contribution >= 4 is 17.4 Å². The van der Waals surface area contributed by atoms with Gasteiger partial charge in [-0.2, -0.15) is 0 Å². The van der Waals surface area contributed by atoms with Crippen molar-refractivity contribution in [3.63, 3.8) is 0 Å². The highest BCUT2D eigenvalue weighted by Crippen LogP contribution is 2.26. The summed E-state index contributed by atoms with van der Waals surface area (Å²) in [6.07, 6.45) is 1.39. The van der Waals surface area contributed by atoms with E-state index < -0.39 is 0 Å². The maximum Gasteiger partial charge on any atom is 0.158 e. The van der Waals surface area contributed by atoms with Crippen LogP contribution in [0.2, 0.25) is 5.02 Å². The predicted octanol–water partition coefficient (Wildman–Crippen LogP) is 1.62. The fraction of sp³-hybridized carbons (Fsp3) is 0.250. The molecule has 0 aliphatic rings. The predicted molar refractivity (Wildman–Crippen MR) is 70.6 cm³/mol. The van der Waals surface area contributed by atoms with Gasteiger partial charge in [0.15, 0.2) is 5.82 Å². The van der Waals surface area contributed by atoms with Gasteiger partial charge in [-0.05, 0) is 12.1 Å². The Bertz CT molecular complexity index is 518. The third-order valence-corrected chi connectivity index (χ3v) is 2.77. The van der Waals surface area contributed by atoms with E-state index in [4.69, 9.17) is 16.7 Å². The minimum atomic E-state index is 0.0561. The van der Waals surface area contributed by atoms with Gasteiger partial charge in [0.05, 0.1) is 6.61 Å². The van der Waals surface area contributed by atoms with Gasteiger partial charge in [0, 0.05) is 24.2 Å². The maximum absolute atomic E-state index is 8.97. The lowest BCUT2D eigenvalue weighted by Gasteiger charge is -2.18. The lowest BCUT2D eigenvalue weighted by Crippen LogP contribution is -2.23. The molecular formula is C12H13ClN4O. The summed E-state index contributed by atoms with van der Waals surface area (Å²) in [6.45, 7) is 0.542. The van der Waals surface area contributed by atoms with Gasteiger partial charge in [-0.3, -0.25) is 0 Å². The Morgan fingerprint density at radius 3 is 2.67 bits per heavy atom. The SMILES string of the molecule is CN(CCO)c1ncnnc1-c1ccc(Cl)cc1. The average Bonchev–Trinajstić information content (AvgIpc) is 2.40. The van der Waals surface area contributed by atoms with E-state index >= 15 is 0 Å². The van der Waals surface area contributed by atoms with E-state index in [2.05, 4.69) is 15.2 Å². The molecule has 0 aliphatic heterocycles. The Balaban J connectivity index is 2.41. The molecule has 0 atom stereocenters. The van der Waals surface area contributed by atoms with Crippen molar-refractivity contribution in [3.05, 3.63) is 35.6 Å². The molecular weight excluding hydrogens is 252 g/mol. The van der Waals surface area contributed by atoms with Gasteiger partial charge >= 0.3 is 0 Å². The summed E-state index contributed by atoms with van der Waals surface area (Å²) in [5.41, 5.74) is 1.56. The van der Waals surface area contributed by atoms with Crippen molar-refractivity contribution in [2.24, 2.45) is 0 Å². The number of anilines is 1. The minimum Gasteiger partial charge on any atom is -0.395 e. The number of hydrogen-bond acceptors (Lipinski definition) is 5. The summed E-state index contributed by atoms with van der Waals surface area (Å²) in [7, 11) is 1.85. The van der Waals surface area contributed by atoms with Crippen LogP contribution in [-0.4, -0.2) is 40.5 Å². The highest BCUT2D eigenvalue weighted by atomic mass is 35.5. The summed E-state index contributed by atoms with van der Waals surface area (Å²) in [4.78, 5) is 6.04. The molecule has 0 fully saturated rings. The van der Waals surface area contributed by atoms with Gasteiger partial charge in [-0.15, -0.1) is 10.2 Å². The molecule has 6 heteroatoms. The molecule has 94 valence electrons. The Hall–Kier alpha value is -1.72. The van der Waals surface area contributed by atoms with Crippen LogP contribution in [0.25, 0.3) is 11.3 Å². The Labute approximate surface area is 110 Å². The minimum absolute atomic E-state index is 0.0561. The molecule has 0 amide bonds. The number of benzene rings is 1. The van der Waals surface area contributed by atoms with Crippen LogP contribution in [0.1, 0.15) is 0 Å². The number of aliphatic hydroxyl groups is 1. The van der Waals surface area contributed by atoms with Crippen LogP contribution >= 0.6 is 11.6 Å². The lowest BCUT2D eigenvalue weighted by molar-refractivity contribution is 0.304. The molecule has 0 radical (unpaired) electrons. The van der Waals surface area contributed by atoms with Crippen LogP contribution < -0.4 is 4.90 Å².